The van der Waals surface area contributed by atoms with E-state index in [4.69, 9.17) is 4.84 Å². The van der Waals surface area contributed by atoms with Gasteiger partial charge in [-0.1, -0.05) is 54.0 Å². The van der Waals surface area contributed by atoms with Crippen LogP contribution in [0.5, 0.6) is 0 Å². The van der Waals surface area contributed by atoms with Gasteiger partial charge in [-0.05, 0) is 12.1 Å². The van der Waals surface area contributed by atoms with Gasteiger partial charge in [0.05, 0.1) is 12.0 Å². The predicted molar refractivity (Wildman–Crippen MR) is 71.7 cm³/mol. The number of para-hydroxylation sites is 1. The van der Waals surface area contributed by atoms with Gasteiger partial charge in [0.25, 0.3) is 0 Å². The van der Waals surface area contributed by atoms with Crippen LogP contribution >= 0.6 is 0 Å². The molecule has 2 aromatic carbocycles. The zero-order chi connectivity index (χ0) is 12.4. The van der Waals surface area contributed by atoms with Crippen LogP contribution in [-0.4, -0.2) is 12.8 Å². The molecule has 0 saturated carbocycles. The number of hydrogen-bond donors (Lipinski definition) is 0. The van der Waals surface area contributed by atoms with Crippen LogP contribution in [0.2, 0.25) is 6.32 Å². The lowest BCUT2D eigenvalue weighted by atomic mass is 9.53. The van der Waals surface area contributed by atoms with Gasteiger partial charge in [-0.3, -0.25) is 4.79 Å². The fourth-order valence-electron chi connectivity index (χ4n) is 2.19. The van der Waals surface area contributed by atoms with Gasteiger partial charge in [-0.25, -0.2) is 4.97 Å². The Morgan fingerprint density at radius 3 is 2.22 bits per heavy atom. The lowest BCUT2D eigenvalue weighted by Crippen LogP contribution is -2.42. The van der Waals surface area contributed by atoms with E-state index in [-0.39, 0.29) is 12.8 Å². The van der Waals surface area contributed by atoms with Gasteiger partial charge < -0.3 is 4.84 Å². The lowest BCUT2D eigenvalue weighted by molar-refractivity contribution is -0.138. The first kappa shape index (κ1) is 10.9. The van der Waals surface area contributed by atoms with E-state index in [0.717, 1.165) is 11.2 Å². The van der Waals surface area contributed by atoms with Crippen LogP contribution in [-0.2, 0) is 9.63 Å². The summed E-state index contributed by atoms with van der Waals surface area (Å²) >= 11 is 0. The fraction of sp³-hybridized carbons (Fsp3) is 0.0714. The Morgan fingerprint density at radius 2 is 1.56 bits per heavy atom. The molecule has 88 valence electrons. The molecule has 18 heavy (non-hydrogen) atoms. The Bertz CT molecular complexity index is 495. The summed E-state index contributed by atoms with van der Waals surface area (Å²) in [5.74, 6) is -0.187. The Kier molecular flexibility index (Phi) is 2.77. The zero-order valence-corrected chi connectivity index (χ0v) is 9.82. The molecule has 0 aromatic heterocycles. The van der Waals surface area contributed by atoms with Crippen molar-refractivity contribution in [1.29, 1.82) is 0 Å². The molecule has 4 heteroatoms. The largest absolute Gasteiger partial charge is 0.354 e. The number of benzene rings is 2. The monoisotopic (exact) mass is 237 g/mol. The van der Waals surface area contributed by atoms with E-state index >= 15 is 0 Å². The first-order valence-corrected chi connectivity index (χ1v) is 5.94. The second-order valence-electron chi connectivity index (χ2n) is 4.26. The Balaban J connectivity index is 1.96. The lowest BCUT2D eigenvalue weighted by Gasteiger charge is -2.21. The molecule has 3 nitrogen and oxygen atoms in total. The van der Waals surface area contributed by atoms with E-state index in [2.05, 4.69) is 0 Å². The minimum absolute atomic E-state index is 0.0406. The molecule has 0 N–H and O–H groups in total. The second-order valence-corrected chi connectivity index (χ2v) is 4.26. The van der Waals surface area contributed by atoms with Crippen molar-refractivity contribution in [1.82, 2.24) is 0 Å². The summed E-state index contributed by atoms with van der Waals surface area (Å²) in [5.41, 5.74) is 1.99. The highest BCUT2D eigenvalue weighted by Gasteiger charge is 2.38. The molecule has 1 fully saturated rings. The standard InChI is InChI=1S/C14H12BNO2/c17-14-11-15(12-7-3-1-4-8-12)16(18-14)13-9-5-2-6-10-13/h1-10H,11H2. The minimum atomic E-state index is -0.187. The van der Waals surface area contributed by atoms with E-state index < -0.39 is 0 Å². The molecule has 0 atom stereocenters. The summed E-state index contributed by atoms with van der Waals surface area (Å²) in [6.07, 6.45) is 0.388. The molecular formula is C14H12BNO2. The predicted octanol–water partition coefficient (Wildman–Crippen LogP) is 1.86. The van der Waals surface area contributed by atoms with E-state index in [0.29, 0.717) is 6.32 Å². The van der Waals surface area contributed by atoms with E-state index in [9.17, 15) is 4.79 Å². The van der Waals surface area contributed by atoms with Crippen LogP contribution in [0.4, 0.5) is 5.69 Å². The molecule has 3 rings (SSSR count). The maximum atomic E-state index is 11.5. The van der Waals surface area contributed by atoms with Crippen LogP contribution in [0, 0.1) is 0 Å². The third-order valence-electron chi connectivity index (χ3n) is 3.04. The average molecular weight is 237 g/mol. The number of rotatable bonds is 2. The van der Waals surface area contributed by atoms with E-state index in [1.165, 1.54) is 0 Å². The number of carbonyl (C=O) groups is 1. The summed E-state index contributed by atoms with van der Waals surface area (Å²) < 4.78 is 0. The van der Waals surface area contributed by atoms with Gasteiger partial charge in [0.1, 0.15) is 0 Å². The molecule has 0 spiro atoms. The maximum Gasteiger partial charge on any atom is 0.348 e. The van der Waals surface area contributed by atoms with Crippen molar-refractivity contribution < 1.29 is 9.63 Å². The fourth-order valence-corrected chi connectivity index (χ4v) is 2.19. The van der Waals surface area contributed by atoms with Gasteiger partial charge in [0, 0.05) is 0 Å². The summed E-state index contributed by atoms with van der Waals surface area (Å²) in [4.78, 5) is 18.5. The van der Waals surface area contributed by atoms with Crippen molar-refractivity contribution >= 4 is 24.0 Å². The van der Waals surface area contributed by atoms with Crippen molar-refractivity contribution in [2.45, 2.75) is 6.32 Å². The number of nitrogens with zero attached hydrogens (tertiary/aromatic N) is 1. The van der Waals surface area contributed by atoms with Crippen LogP contribution in [0.25, 0.3) is 0 Å². The normalized spacial score (nSPS) is 14.8. The highest BCUT2D eigenvalue weighted by atomic mass is 16.7. The van der Waals surface area contributed by atoms with Gasteiger partial charge in [0.2, 0.25) is 0 Å². The topological polar surface area (TPSA) is 29.5 Å². The molecule has 1 heterocycles. The van der Waals surface area contributed by atoms with Crippen LogP contribution < -0.4 is 10.4 Å². The molecule has 1 aliphatic heterocycles. The zero-order valence-electron chi connectivity index (χ0n) is 9.82. The van der Waals surface area contributed by atoms with Crippen molar-refractivity contribution in [3.8, 4) is 0 Å². The van der Waals surface area contributed by atoms with Crippen molar-refractivity contribution in [3.05, 3.63) is 60.7 Å². The number of anilines is 1. The van der Waals surface area contributed by atoms with Gasteiger partial charge in [0.15, 0.2) is 0 Å². The molecule has 1 saturated heterocycles. The highest BCUT2D eigenvalue weighted by Crippen LogP contribution is 2.22. The second kappa shape index (κ2) is 4.57. The molecule has 0 bridgehead atoms. The third-order valence-corrected chi connectivity index (χ3v) is 3.04. The SMILES string of the molecule is O=C1CB(c2ccccc2)N(c2ccccc2)O1. The molecule has 0 amide bonds. The summed E-state index contributed by atoms with van der Waals surface area (Å²) in [5, 5.41) is 0. The maximum absolute atomic E-state index is 11.5. The average Bonchev–Trinajstić information content (AvgIpc) is 2.83. The molecule has 0 radical (unpaired) electrons. The third kappa shape index (κ3) is 1.97. The van der Waals surface area contributed by atoms with Gasteiger partial charge in [-0.15, -0.1) is 0 Å². The summed E-state index contributed by atoms with van der Waals surface area (Å²) in [7, 11) is 0. The van der Waals surface area contributed by atoms with E-state index in [1.807, 2.05) is 60.7 Å². The Labute approximate surface area is 106 Å². The van der Waals surface area contributed by atoms with Gasteiger partial charge >= 0.3 is 12.8 Å². The molecule has 0 aliphatic carbocycles. The van der Waals surface area contributed by atoms with Crippen LogP contribution in [0.3, 0.4) is 0 Å². The first-order valence-electron chi connectivity index (χ1n) is 5.94. The van der Waals surface area contributed by atoms with Crippen molar-refractivity contribution in [2.24, 2.45) is 0 Å². The minimum Gasteiger partial charge on any atom is -0.354 e. The molecular weight excluding hydrogens is 225 g/mol. The van der Waals surface area contributed by atoms with Crippen molar-refractivity contribution in [3.63, 3.8) is 0 Å². The molecule has 0 unspecified atom stereocenters. The Hall–Kier alpha value is -2.23. The van der Waals surface area contributed by atoms with Crippen LogP contribution in [0.15, 0.2) is 60.7 Å². The van der Waals surface area contributed by atoms with Crippen molar-refractivity contribution in [2.75, 3.05) is 4.97 Å². The summed E-state index contributed by atoms with van der Waals surface area (Å²) in [6, 6.07) is 19.6. The van der Waals surface area contributed by atoms with Gasteiger partial charge in [-0.2, -0.15) is 0 Å². The molecule has 1 aliphatic rings. The van der Waals surface area contributed by atoms with E-state index in [1.54, 1.807) is 4.97 Å². The summed E-state index contributed by atoms with van der Waals surface area (Å²) in [6.45, 7) is -0.0406. The molecule has 2 aromatic rings. The quantitative estimate of drug-likeness (QED) is 0.746. The number of carbonyl (C=O) groups excluding carboxylic acids is 1. The highest BCUT2D eigenvalue weighted by molar-refractivity contribution is 6.79. The number of hydrogen-bond acceptors (Lipinski definition) is 3. The Morgan fingerprint density at radius 1 is 0.944 bits per heavy atom. The first-order chi connectivity index (χ1) is 8.84. The smallest absolute Gasteiger partial charge is 0.348 e. The van der Waals surface area contributed by atoms with Crippen LogP contribution in [0.1, 0.15) is 0 Å².